The van der Waals surface area contributed by atoms with Gasteiger partial charge in [0.25, 0.3) is 0 Å². The van der Waals surface area contributed by atoms with Crippen LogP contribution in [0.3, 0.4) is 0 Å². The molecule has 0 amide bonds. The van der Waals surface area contributed by atoms with Crippen LogP contribution in [0.5, 0.6) is 0 Å². The summed E-state index contributed by atoms with van der Waals surface area (Å²) in [5.74, 6) is 0. The molecule has 1 atom stereocenters. The monoisotopic (exact) mass is 243 g/mol. The molecule has 3 nitrogen and oxygen atoms in total. The fourth-order valence-electron chi connectivity index (χ4n) is 0.0821. The van der Waals surface area contributed by atoms with E-state index in [0.29, 0.717) is 0 Å². The minimum Gasteiger partial charge on any atom is -0.355 e. The summed E-state index contributed by atoms with van der Waals surface area (Å²) in [6.07, 6.45) is 0. The largest absolute Gasteiger partial charge is 0.355 e. The standard InChI is InChI=1S/C3H3Br2NO2/c4-2(1-6)3(5,7)8/h2,7-8H. The fraction of sp³-hybridized carbons (Fsp3) is 0.667. The quantitative estimate of drug-likeness (QED) is 0.516. The zero-order valence-electron chi connectivity index (χ0n) is 3.67. The Morgan fingerprint density at radius 1 is 1.62 bits per heavy atom. The van der Waals surface area contributed by atoms with E-state index in [9.17, 15) is 0 Å². The summed E-state index contributed by atoms with van der Waals surface area (Å²) in [7, 11) is 0. The molecule has 8 heavy (non-hydrogen) atoms. The van der Waals surface area contributed by atoms with E-state index in [-0.39, 0.29) is 0 Å². The van der Waals surface area contributed by atoms with Crippen LogP contribution in [0.15, 0.2) is 0 Å². The SMILES string of the molecule is N#CC(Br)C(O)(O)Br. The third kappa shape index (κ3) is 2.62. The summed E-state index contributed by atoms with van der Waals surface area (Å²) in [6.45, 7) is 0. The highest BCUT2D eigenvalue weighted by atomic mass is 79.9. The highest BCUT2D eigenvalue weighted by molar-refractivity contribution is 9.12. The fourth-order valence-corrected chi connectivity index (χ4v) is 0.185. The molecule has 0 aliphatic heterocycles. The van der Waals surface area contributed by atoms with Gasteiger partial charge in [0, 0.05) is 0 Å². The van der Waals surface area contributed by atoms with Gasteiger partial charge in [0.15, 0.2) is 4.83 Å². The van der Waals surface area contributed by atoms with Gasteiger partial charge in [0.1, 0.15) is 0 Å². The third-order valence-electron chi connectivity index (χ3n) is 0.436. The van der Waals surface area contributed by atoms with E-state index in [1.54, 1.807) is 6.07 Å². The topological polar surface area (TPSA) is 64.2 Å². The molecule has 0 spiro atoms. The predicted molar refractivity (Wildman–Crippen MR) is 34.4 cm³/mol. The lowest BCUT2D eigenvalue weighted by molar-refractivity contribution is -0.0581. The van der Waals surface area contributed by atoms with Crippen LogP contribution in [0.25, 0.3) is 0 Å². The van der Waals surface area contributed by atoms with E-state index in [4.69, 9.17) is 15.5 Å². The van der Waals surface area contributed by atoms with Crippen molar-refractivity contribution in [2.75, 3.05) is 0 Å². The number of nitrogens with zero attached hydrogens (tertiary/aromatic N) is 1. The predicted octanol–water partition coefficient (Wildman–Crippen LogP) is 0.307. The van der Waals surface area contributed by atoms with Crippen molar-refractivity contribution >= 4 is 31.9 Å². The Labute approximate surface area is 63.2 Å². The number of hydrogen-bond donors (Lipinski definition) is 2. The molecule has 0 aromatic rings. The number of halogens is 2. The average Bonchev–Trinajstić information content (AvgIpc) is 1.62. The van der Waals surface area contributed by atoms with Gasteiger partial charge in [0.05, 0.1) is 6.07 Å². The first-order valence-electron chi connectivity index (χ1n) is 1.66. The lowest BCUT2D eigenvalue weighted by Crippen LogP contribution is -2.29. The second-order valence-corrected chi connectivity index (χ2v) is 3.21. The summed E-state index contributed by atoms with van der Waals surface area (Å²) in [5.41, 5.74) is 0. The van der Waals surface area contributed by atoms with Crippen LogP contribution in [-0.4, -0.2) is 19.7 Å². The number of aliphatic hydroxyl groups is 2. The van der Waals surface area contributed by atoms with E-state index in [2.05, 4.69) is 31.9 Å². The molecule has 1 unspecified atom stereocenters. The maximum atomic E-state index is 8.49. The molecule has 0 bridgehead atoms. The zero-order chi connectivity index (χ0) is 6.78. The zero-order valence-corrected chi connectivity index (χ0v) is 6.85. The van der Waals surface area contributed by atoms with E-state index in [0.717, 1.165) is 0 Å². The van der Waals surface area contributed by atoms with Crippen LogP contribution < -0.4 is 0 Å². The Morgan fingerprint density at radius 3 is 2.00 bits per heavy atom. The Bertz CT molecular complexity index is 113. The highest BCUT2D eigenvalue weighted by Gasteiger charge is 2.28. The first-order valence-corrected chi connectivity index (χ1v) is 3.36. The number of nitriles is 1. The average molecular weight is 245 g/mol. The molecule has 0 aromatic heterocycles. The Hall–Kier alpha value is 0.370. The molecule has 2 N–H and O–H groups in total. The van der Waals surface area contributed by atoms with Gasteiger partial charge >= 0.3 is 0 Å². The first kappa shape index (κ1) is 8.37. The molecular formula is C3H3Br2NO2. The summed E-state index contributed by atoms with van der Waals surface area (Å²) in [5, 5.41) is 25.0. The Morgan fingerprint density at radius 2 is 2.00 bits per heavy atom. The second-order valence-electron chi connectivity index (χ2n) is 1.13. The number of alkyl halides is 2. The maximum absolute atomic E-state index is 8.49. The minimum atomic E-state index is -2.12. The lowest BCUT2D eigenvalue weighted by atomic mass is 10.5. The van der Waals surface area contributed by atoms with Crippen molar-refractivity contribution in [1.29, 1.82) is 5.26 Å². The van der Waals surface area contributed by atoms with E-state index >= 15 is 0 Å². The summed E-state index contributed by atoms with van der Waals surface area (Å²) >= 11 is 5.14. The normalized spacial score (nSPS) is 14.9. The van der Waals surface area contributed by atoms with Gasteiger partial charge in [-0.25, -0.2) is 0 Å². The van der Waals surface area contributed by atoms with Crippen LogP contribution in [-0.2, 0) is 0 Å². The van der Waals surface area contributed by atoms with Gasteiger partial charge in [-0.2, -0.15) is 5.26 Å². The van der Waals surface area contributed by atoms with Crippen molar-refractivity contribution in [3.05, 3.63) is 0 Å². The van der Waals surface area contributed by atoms with Crippen LogP contribution >= 0.6 is 31.9 Å². The van der Waals surface area contributed by atoms with Gasteiger partial charge in [-0.3, -0.25) is 0 Å². The molecule has 0 radical (unpaired) electrons. The number of hydrogen-bond acceptors (Lipinski definition) is 3. The van der Waals surface area contributed by atoms with Gasteiger partial charge in [-0.15, -0.1) is 0 Å². The molecule has 46 valence electrons. The Kier molecular flexibility index (Phi) is 2.91. The third-order valence-corrected chi connectivity index (χ3v) is 2.35. The van der Waals surface area contributed by atoms with Crippen LogP contribution in [0.1, 0.15) is 0 Å². The molecule has 0 aromatic carbocycles. The van der Waals surface area contributed by atoms with Crippen molar-refractivity contribution in [2.45, 2.75) is 9.52 Å². The first-order chi connectivity index (χ1) is 3.48. The molecule has 5 heteroatoms. The summed E-state index contributed by atoms with van der Waals surface area (Å²) in [4.78, 5) is -1.00. The summed E-state index contributed by atoms with van der Waals surface area (Å²) < 4.78 is -2.12. The maximum Gasteiger partial charge on any atom is 0.248 e. The molecule has 0 aliphatic carbocycles. The van der Waals surface area contributed by atoms with E-state index in [1.165, 1.54) is 0 Å². The number of rotatable bonds is 1. The molecule has 0 rings (SSSR count). The Balaban J connectivity index is 3.87. The van der Waals surface area contributed by atoms with Crippen molar-refractivity contribution in [1.82, 2.24) is 0 Å². The second kappa shape index (κ2) is 2.78. The van der Waals surface area contributed by atoms with E-state index in [1.807, 2.05) is 0 Å². The minimum absolute atomic E-state index is 1.00. The highest BCUT2D eigenvalue weighted by Crippen LogP contribution is 2.20. The molecule has 0 saturated carbocycles. The van der Waals surface area contributed by atoms with Gasteiger partial charge in [-0.1, -0.05) is 15.9 Å². The van der Waals surface area contributed by atoms with Gasteiger partial charge < -0.3 is 10.2 Å². The molecule has 0 saturated heterocycles. The molecule has 0 aliphatic rings. The van der Waals surface area contributed by atoms with Crippen LogP contribution in [0.2, 0.25) is 0 Å². The van der Waals surface area contributed by atoms with E-state index < -0.39 is 9.52 Å². The van der Waals surface area contributed by atoms with Crippen LogP contribution in [0, 0.1) is 11.3 Å². The smallest absolute Gasteiger partial charge is 0.248 e. The van der Waals surface area contributed by atoms with Crippen molar-refractivity contribution in [3.63, 3.8) is 0 Å². The van der Waals surface area contributed by atoms with Crippen molar-refractivity contribution in [3.8, 4) is 6.07 Å². The molecule has 0 heterocycles. The molecular weight excluding hydrogens is 242 g/mol. The summed E-state index contributed by atoms with van der Waals surface area (Å²) in [6, 6.07) is 1.57. The van der Waals surface area contributed by atoms with Crippen LogP contribution in [0.4, 0.5) is 0 Å². The van der Waals surface area contributed by atoms with Crippen molar-refractivity contribution < 1.29 is 10.2 Å². The van der Waals surface area contributed by atoms with Gasteiger partial charge in [-0.05, 0) is 15.9 Å². The van der Waals surface area contributed by atoms with Gasteiger partial charge in [0.2, 0.25) is 4.70 Å². The lowest BCUT2D eigenvalue weighted by Gasteiger charge is -2.12. The molecule has 0 fully saturated rings. The van der Waals surface area contributed by atoms with Crippen molar-refractivity contribution in [2.24, 2.45) is 0 Å².